The molecular formula is C20H30S2Si. The van der Waals surface area contributed by atoms with Gasteiger partial charge in [0.15, 0.2) is 0 Å². The molecular weight excluding hydrogens is 332 g/mol. The minimum Gasteiger partial charge on any atom is -0.143 e. The highest BCUT2D eigenvalue weighted by atomic mass is 32.1. The number of thiophene rings is 2. The molecule has 1 aliphatic heterocycles. The fraction of sp³-hybridized carbons (Fsp3) is 0.600. The smallest absolute Gasteiger partial charge is 0.122 e. The first-order valence-corrected chi connectivity index (χ1v) is 13.7. The second-order valence-corrected chi connectivity index (χ2v) is 13.1. The highest BCUT2D eigenvalue weighted by Gasteiger charge is 2.45. The molecule has 0 aromatic carbocycles. The van der Waals surface area contributed by atoms with Gasteiger partial charge in [-0.2, -0.15) is 0 Å². The first-order chi connectivity index (χ1) is 11.3. The van der Waals surface area contributed by atoms with E-state index in [4.69, 9.17) is 0 Å². The normalized spacial score (nSPS) is 14.9. The fourth-order valence-corrected chi connectivity index (χ4v) is 13.2. The predicted octanol–water partition coefficient (Wildman–Crippen LogP) is 6.51. The second-order valence-electron chi connectivity index (χ2n) is 7.03. The van der Waals surface area contributed by atoms with Crippen LogP contribution < -0.4 is 10.4 Å². The molecule has 2 aromatic rings. The predicted molar refractivity (Wildman–Crippen MR) is 111 cm³/mol. The van der Waals surface area contributed by atoms with Gasteiger partial charge in [0, 0.05) is 9.75 Å². The number of hydrogen-bond acceptors (Lipinski definition) is 2. The van der Waals surface area contributed by atoms with Gasteiger partial charge in [-0.25, -0.2) is 0 Å². The van der Waals surface area contributed by atoms with Gasteiger partial charge in [0.1, 0.15) is 8.07 Å². The minimum atomic E-state index is -1.45. The Morgan fingerprint density at radius 1 is 0.696 bits per heavy atom. The quantitative estimate of drug-likeness (QED) is 0.333. The maximum Gasteiger partial charge on any atom is 0.122 e. The number of rotatable bonds is 10. The van der Waals surface area contributed by atoms with Crippen LogP contribution in [-0.2, 0) is 0 Å². The van der Waals surface area contributed by atoms with Crippen LogP contribution in [0, 0.1) is 0 Å². The first kappa shape index (κ1) is 17.4. The van der Waals surface area contributed by atoms with E-state index in [2.05, 4.69) is 36.7 Å². The molecule has 0 radical (unpaired) electrons. The maximum atomic E-state index is 2.50. The van der Waals surface area contributed by atoms with Gasteiger partial charge in [-0.15, -0.1) is 22.7 Å². The molecule has 0 aliphatic carbocycles. The lowest BCUT2D eigenvalue weighted by Gasteiger charge is -2.29. The van der Waals surface area contributed by atoms with E-state index in [0.29, 0.717) is 0 Å². The second kappa shape index (κ2) is 8.13. The molecule has 0 N–H and O–H groups in total. The van der Waals surface area contributed by atoms with Gasteiger partial charge in [-0.05, 0) is 33.2 Å². The summed E-state index contributed by atoms with van der Waals surface area (Å²) in [6.07, 6.45) is 11.3. The van der Waals surface area contributed by atoms with Crippen LogP contribution >= 0.6 is 22.7 Å². The Morgan fingerprint density at radius 2 is 1.17 bits per heavy atom. The Hall–Kier alpha value is -0.383. The summed E-state index contributed by atoms with van der Waals surface area (Å²) in [5, 5.41) is 8.31. The average Bonchev–Trinajstić information content (AvgIpc) is 3.25. The average molecular weight is 363 g/mol. The summed E-state index contributed by atoms with van der Waals surface area (Å²) in [6, 6.07) is 7.98. The molecule has 0 spiro atoms. The molecule has 3 heteroatoms. The molecule has 3 heterocycles. The lowest BCUT2D eigenvalue weighted by molar-refractivity contribution is 0.684. The molecule has 0 atom stereocenters. The molecule has 2 aromatic heterocycles. The lowest BCUT2D eigenvalue weighted by Crippen LogP contribution is -2.54. The van der Waals surface area contributed by atoms with Crippen molar-refractivity contribution >= 4 is 41.1 Å². The van der Waals surface area contributed by atoms with Crippen molar-refractivity contribution in [2.45, 2.75) is 77.3 Å². The van der Waals surface area contributed by atoms with Crippen LogP contribution in [0.3, 0.4) is 0 Å². The van der Waals surface area contributed by atoms with Crippen molar-refractivity contribution < 1.29 is 0 Å². The van der Waals surface area contributed by atoms with Gasteiger partial charge in [-0.1, -0.05) is 77.3 Å². The van der Waals surface area contributed by atoms with Gasteiger partial charge in [0.25, 0.3) is 0 Å². The molecule has 0 amide bonds. The molecule has 0 nitrogen and oxygen atoms in total. The van der Waals surface area contributed by atoms with Crippen molar-refractivity contribution in [1.29, 1.82) is 0 Å². The van der Waals surface area contributed by atoms with Crippen LogP contribution in [0.5, 0.6) is 0 Å². The van der Waals surface area contributed by atoms with Crippen LogP contribution in [0.25, 0.3) is 9.75 Å². The van der Waals surface area contributed by atoms with Crippen molar-refractivity contribution in [3.05, 3.63) is 22.9 Å². The van der Waals surface area contributed by atoms with Crippen LogP contribution in [0.1, 0.15) is 65.2 Å². The van der Waals surface area contributed by atoms with Gasteiger partial charge >= 0.3 is 0 Å². The summed E-state index contributed by atoms with van der Waals surface area (Å²) >= 11 is 3.99. The van der Waals surface area contributed by atoms with E-state index in [0.717, 1.165) is 0 Å². The Bertz CT molecular complexity index is 556. The summed E-state index contributed by atoms with van der Waals surface area (Å²) in [4.78, 5) is 3.29. The Kier molecular flexibility index (Phi) is 6.17. The summed E-state index contributed by atoms with van der Waals surface area (Å²) in [5.74, 6) is 0. The number of hydrogen-bond donors (Lipinski definition) is 0. The van der Waals surface area contributed by atoms with Crippen LogP contribution in [0.2, 0.25) is 12.1 Å². The van der Waals surface area contributed by atoms with Crippen molar-refractivity contribution in [3.63, 3.8) is 0 Å². The third-order valence-corrected chi connectivity index (χ3v) is 13.1. The van der Waals surface area contributed by atoms with Gasteiger partial charge < -0.3 is 0 Å². The Morgan fingerprint density at radius 3 is 1.61 bits per heavy atom. The molecule has 1 aliphatic rings. The van der Waals surface area contributed by atoms with Crippen molar-refractivity contribution in [3.8, 4) is 9.75 Å². The van der Waals surface area contributed by atoms with E-state index in [1.807, 2.05) is 22.7 Å². The molecule has 0 saturated carbocycles. The first-order valence-electron chi connectivity index (χ1n) is 9.49. The summed E-state index contributed by atoms with van der Waals surface area (Å²) in [6.45, 7) is 4.64. The standard InChI is InChI=1S/C20H30S2Si/c1-3-5-7-9-15-23(16-10-8-6-4-2)17-11-13-21-19(17)20-18(23)12-14-22-20/h11-14H,3-10,15-16H2,1-2H3. The van der Waals surface area contributed by atoms with Crippen molar-refractivity contribution in [1.82, 2.24) is 0 Å². The molecule has 0 bridgehead atoms. The van der Waals surface area contributed by atoms with E-state index in [9.17, 15) is 0 Å². The fourth-order valence-electron chi connectivity index (χ4n) is 4.24. The Labute approximate surface area is 151 Å². The van der Waals surface area contributed by atoms with E-state index >= 15 is 0 Å². The summed E-state index contributed by atoms with van der Waals surface area (Å²) in [5.41, 5.74) is 0. The van der Waals surface area contributed by atoms with Crippen LogP contribution in [-0.4, -0.2) is 8.07 Å². The van der Waals surface area contributed by atoms with E-state index in [1.54, 1.807) is 20.1 Å². The molecule has 3 rings (SSSR count). The third kappa shape index (κ3) is 3.38. The van der Waals surface area contributed by atoms with Crippen molar-refractivity contribution in [2.75, 3.05) is 0 Å². The zero-order valence-electron chi connectivity index (χ0n) is 14.7. The lowest BCUT2D eigenvalue weighted by atomic mass is 10.2. The Balaban J connectivity index is 1.83. The summed E-state index contributed by atoms with van der Waals surface area (Å²) in [7, 11) is -1.45. The monoisotopic (exact) mass is 362 g/mol. The number of fused-ring (bicyclic) bond motifs is 3. The SMILES string of the molecule is CCCCCC[Si]1(CCCCCC)c2ccsc2-c2sccc21. The van der Waals surface area contributed by atoms with Crippen LogP contribution in [0.4, 0.5) is 0 Å². The number of unbranched alkanes of at least 4 members (excludes halogenated alkanes) is 6. The van der Waals surface area contributed by atoms with E-state index in [1.165, 1.54) is 63.5 Å². The zero-order chi connectivity index (χ0) is 16.1. The highest BCUT2D eigenvalue weighted by Crippen LogP contribution is 2.40. The largest absolute Gasteiger partial charge is 0.143 e. The topological polar surface area (TPSA) is 0 Å². The van der Waals surface area contributed by atoms with Gasteiger partial charge in [0.05, 0.1) is 0 Å². The minimum absolute atomic E-state index is 1.35. The molecule has 0 saturated heterocycles. The van der Waals surface area contributed by atoms with Crippen LogP contribution in [0.15, 0.2) is 22.9 Å². The molecule has 0 unspecified atom stereocenters. The van der Waals surface area contributed by atoms with E-state index in [-0.39, 0.29) is 0 Å². The van der Waals surface area contributed by atoms with Gasteiger partial charge in [0.2, 0.25) is 0 Å². The maximum absolute atomic E-state index is 2.50. The molecule has 126 valence electrons. The molecule has 23 heavy (non-hydrogen) atoms. The summed E-state index contributed by atoms with van der Waals surface area (Å²) < 4.78 is 0. The zero-order valence-corrected chi connectivity index (χ0v) is 17.3. The van der Waals surface area contributed by atoms with E-state index < -0.39 is 8.07 Å². The third-order valence-electron chi connectivity index (χ3n) is 5.48. The van der Waals surface area contributed by atoms with Crippen molar-refractivity contribution in [2.24, 2.45) is 0 Å². The highest BCUT2D eigenvalue weighted by molar-refractivity contribution is 7.27. The van der Waals surface area contributed by atoms with Gasteiger partial charge in [-0.3, -0.25) is 0 Å². The molecule has 0 fully saturated rings.